The van der Waals surface area contributed by atoms with Crippen LogP contribution in [0.25, 0.3) is 0 Å². The number of anilines is 2. The topological polar surface area (TPSA) is 113 Å². The SMILES string of the molecule is C[C@H]1CNC[C@H](CCc2c(F)cncc2N[C@@H](Cc2ccc(F)cc2)C(=O)Nc2cc(F)cc(F)c2)N1S(=O)(=O)c1ccc(OC(F)(F)F)cc1. The van der Waals surface area contributed by atoms with Crippen LogP contribution < -0.4 is 20.7 Å². The number of aromatic nitrogens is 1. The molecule has 1 fully saturated rings. The molecule has 0 radical (unpaired) electrons. The maximum Gasteiger partial charge on any atom is 0.573 e. The molecule has 0 spiro atoms. The van der Waals surface area contributed by atoms with Crippen LogP contribution in [-0.2, 0) is 27.7 Å². The lowest BCUT2D eigenvalue weighted by atomic mass is 10.0. The lowest BCUT2D eigenvalue weighted by Gasteiger charge is -2.40. The number of hydrogen-bond acceptors (Lipinski definition) is 7. The number of alkyl halides is 3. The molecular weight excluding hydrogens is 707 g/mol. The number of carbonyl (C=O) groups excluding carboxylic acids is 1. The molecular formula is C34H32F7N5O4S. The van der Waals surface area contributed by atoms with Crippen molar-refractivity contribution in [2.24, 2.45) is 0 Å². The molecule has 0 saturated carbocycles. The quantitative estimate of drug-likeness (QED) is 0.149. The average molecular weight is 740 g/mol. The summed E-state index contributed by atoms with van der Waals surface area (Å²) >= 11 is 0. The van der Waals surface area contributed by atoms with E-state index < -0.39 is 69.4 Å². The van der Waals surface area contributed by atoms with Crippen LogP contribution in [0.15, 0.2) is 84.0 Å². The van der Waals surface area contributed by atoms with Gasteiger partial charge in [0.15, 0.2) is 0 Å². The van der Waals surface area contributed by atoms with Gasteiger partial charge in [0.2, 0.25) is 15.9 Å². The molecule has 272 valence electrons. The Morgan fingerprint density at radius 3 is 2.27 bits per heavy atom. The summed E-state index contributed by atoms with van der Waals surface area (Å²) in [7, 11) is -4.25. The fourth-order valence-electron chi connectivity index (χ4n) is 5.86. The Balaban J connectivity index is 1.38. The zero-order valence-electron chi connectivity index (χ0n) is 26.9. The zero-order valence-corrected chi connectivity index (χ0v) is 27.7. The first-order valence-electron chi connectivity index (χ1n) is 15.6. The van der Waals surface area contributed by atoms with Gasteiger partial charge in [-0.1, -0.05) is 12.1 Å². The number of amides is 1. The van der Waals surface area contributed by atoms with Crippen molar-refractivity contribution in [3.05, 3.63) is 114 Å². The third-order valence-electron chi connectivity index (χ3n) is 8.11. The highest BCUT2D eigenvalue weighted by molar-refractivity contribution is 7.89. The van der Waals surface area contributed by atoms with E-state index in [2.05, 4.69) is 25.7 Å². The minimum absolute atomic E-state index is 0.0554. The van der Waals surface area contributed by atoms with Crippen LogP contribution in [-0.4, -0.2) is 61.2 Å². The van der Waals surface area contributed by atoms with E-state index in [-0.39, 0.29) is 54.2 Å². The van der Waals surface area contributed by atoms with Gasteiger partial charge in [-0.2, -0.15) is 4.31 Å². The van der Waals surface area contributed by atoms with Crippen molar-refractivity contribution in [3.63, 3.8) is 0 Å². The van der Waals surface area contributed by atoms with Crippen LogP contribution in [0.3, 0.4) is 0 Å². The first kappa shape index (κ1) is 37.5. The molecule has 5 rings (SSSR count). The van der Waals surface area contributed by atoms with Gasteiger partial charge in [-0.15, -0.1) is 13.2 Å². The number of rotatable bonds is 12. The normalized spacial score (nSPS) is 17.5. The van der Waals surface area contributed by atoms with E-state index in [1.807, 2.05) is 0 Å². The Hall–Kier alpha value is -4.74. The van der Waals surface area contributed by atoms with E-state index in [0.29, 0.717) is 11.6 Å². The number of ether oxygens (including phenoxy) is 1. The molecule has 0 unspecified atom stereocenters. The number of pyridine rings is 1. The summed E-state index contributed by atoms with van der Waals surface area (Å²) in [6.07, 6.45) is -2.79. The molecule has 0 aliphatic carbocycles. The molecule has 1 amide bonds. The molecule has 3 aromatic carbocycles. The summed E-state index contributed by atoms with van der Waals surface area (Å²) in [6.45, 7) is 2.10. The van der Waals surface area contributed by atoms with E-state index in [1.54, 1.807) is 6.92 Å². The molecule has 9 nitrogen and oxygen atoms in total. The van der Waals surface area contributed by atoms with Crippen molar-refractivity contribution >= 4 is 27.3 Å². The molecule has 4 aromatic rings. The van der Waals surface area contributed by atoms with Gasteiger partial charge in [0, 0.05) is 48.9 Å². The number of benzene rings is 3. The van der Waals surface area contributed by atoms with Crippen LogP contribution >= 0.6 is 0 Å². The lowest BCUT2D eigenvalue weighted by molar-refractivity contribution is -0.274. The minimum Gasteiger partial charge on any atom is -0.406 e. The highest BCUT2D eigenvalue weighted by Gasteiger charge is 2.38. The minimum atomic E-state index is -4.96. The molecule has 3 atom stereocenters. The van der Waals surface area contributed by atoms with Crippen molar-refractivity contribution in [2.75, 3.05) is 23.7 Å². The largest absolute Gasteiger partial charge is 0.573 e. The molecule has 1 saturated heterocycles. The van der Waals surface area contributed by atoms with E-state index in [9.17, 15) is 39.6 Å². The van der Waals surface area contributed by atoms with E-state index in [4.69, 9.17) is 0 Å². The molecule has 1 aliphatic rings. The first-order valence-corrected chi connectivity index (χ1v) is 17.0. The standard InChI is InChI=1S/C34H32F7N5O4S/c1-20-16-42-17-26(46(20)51(48,49)28-9-7-27(8-10-28)50-34(39,40)41)6-11-29-30(38)18-43-19-32(29)45-31(12-21-2-4-22(35)5-3-21)33(47)44-25-14-23(36)13-24(37)15-25/h2-5,7-10,13-15,18-20,26,31,42,45H,6,11-12,16-17H2,1H3,(H,44,47)/t20-,26-,31-/m0/s1. The third-order valence-corrected chi connectivity index (χ3v) is 10.2. The summed E-state index contributed by atoms with van der Waals surface area (Å²) in [5.41, 5.74) is 0.460. The molecule has 17 heteroatoms. The fraction of sp³-hybridized carbons (Fsp3) is 0.294. The van der Waals surface area contributed by atoms with Crippen LogP contribution in [0.2, 0.25) is 0 Å². The second-order valence-corrected chi connectivity index (χ2v) is 13.7. The number of nitrogens with zero attached hydrogens (tertiary/aromatic N) is 2. The molecule has 0 bridgehead atoms. The molecule has 51 heavy (non-hydrogen) atoms. The van der Waals surface area contributed by atoms with Gasteiger partial charge in [0.05, 0.1) is 23.0 Å². The van der Waals surface area contributed by atoms with Crippen molar-refractivity contribution in [2.45, 2.75) is 55.6 Å². The smallest absolute Gasteiger partial charge is 0.406 e. The highest BCUT2D eigenvalue weighted by atomic mass is 32.2. The second-order valence-electron chi connectivity index (χ2n) is 11.9. The Labute approximate surface area is 288 Å². The summed E-state index contributed by atoms with van der Waals surface area (Å²) < 4.78 is 127. The monoisotopic (exact) mass is 739 g/mol. The molecule has 2 heterocycles. The molecule has 3 N–H and O–H groups in total. The van der Waals surface area contributed by atoms with Gasteiger partial charge < -0.3 is 20.7 Å². The van der Waals surface area contributed by atoms with Crippen LogP contribution in [0, 0.1) is 23.3 Å². The third kappa shape index (κ3) is 9.74. The first-order chi connectivity index (χ1) is 24.1. The van der Waals surface area contributed by atoms with Gasteiger partial charge in [-0.3, -0.25) is 9.78 Å². The van der Waals surface area contributed by atoms with Gasteiger partial charge in [0.25, 0.3) is 0 Å². The number of sulfonamides is 1. The van der Waals surface area contributed by atoms with Crippen LogP contribution in [0.1, 0.15) is 24.5 Å². The number of piperazine rings is 1. The van der Waals surface area contributed by atoms with Crippen molar-refractivity contribution < 1.29 is 48.7 Å². The number of hydrogen-bond donors (Lipinski definition) is 3. The summed E-state index contributed by atoms with van der Waals surface area (Å²) in [4.78, 5) is 17.1. The van der Waals surface area contributed by atoms with Crippen molar-refractivity contribution in [1.29, 1.82) is 0 Å². The zero-order chi connectivity index (χ0) is 36.9. The van der Waals surface area contributed by atoms with Crippen molar-refractivity contribution in [1.82, 2.24) is 14.6 Å². The van der Waals surface area contributed by atoms with Crippen molar-refractivity contribution in [3.8, 4) is 5.75 Å². The maximum atomic E-state index is 15.4. The number of carbonyl (C=O) groups is 1. The number of nitrogens with one attached hydrogen (secondary N) is 3. The van der Waals surface area contributed by atoms with E-state index in [0.717, 1.165) is 42.6 Å². The van der Waals surface area contributed by atoms with E-state index >= 15 is 4.39 Å². The van der Waals surface area contributed by atoms with Gasteiger partial charge in [0.1, 0.15) is 35.1 Å². The maximum absolute atomic E-state index is 15.4. The second kappa shape index (κ2) is 15.7. The molecule has 1 aromatic heterocycles. The predicted octanol–water partition coefficient (Wildman–Crippen LogP) is 6.18. The van der Waals surface area contributed by atoms with E-state index in [1.165, 1.54) is 34.8 Å². The van der Waals surface area contributed by atoms with Gasteiger partial charge >= 0.3 is 6.36 Å². The number of halogens is 7. The Kier molecular flexibility index (Phi) is 11.5. The van der Waals surface area contributed by atoms with Crippen LogP contribution in [0.5, 0.6) is 5.75 Å². The van der Waals surface area contributed by atoms with Gasteiger partial charge in [-0.25, -0.2) is 26.0 Å². The average Bonchev–Trinajstić information content (AvgIpc) is 3.04. The summed E-state index contributed by atoms with van der Waals surface area (Å²) in [5, 5.41) is 8.53. The Morgan fingerprint density at radius 1 is 0.961 bits per heavy atom. The summed E-state index contributed by atoms with van der Waals surface area (Å²) in [6, 6.07) is 9.01. The Bertz CT molecular complexity index is 1930. The van der Waals surface area contributed by atoms with Crippen LogP contribution in [0.4, 0.5) is 42.1 Å². The fourth-order valence-corrected chi connectivity index (χ4v) is 7.70. The Morgan fingerprint density at radius 2 is 1.63 bits per heavy atom. The lowest BCUT2D eigenvalue weighted by Crippen LogP contribution is -2.58. The highest BCUT2D eigenvalue weighted by Crippen LogP contribution is 2.30. The predicted molar refractivity (Wildman–Crippen MR) is 173 cm³/mol. The summed E-state index contributed by atoms with van der Waals surface area (Å²) in [5.74, 6) is -4.49. The van der Waals surface area contributed by atoms with Gasteiger partial charge in [-0.05, 0) is 73.9 Å². The molecule has 1 aliphatic heterocycles.